The summed E-state index contributed by atoms with van der Waals surface area (Å²) in [6.45, 7) is 1.78. The van der Waals surface area contributed by atoms with Crippen LogP contribution in [0.5, 0.6) is 0 Å². The van der Waals surface area contributed by atoms with Gasteiger partial charge in [-0.1, -0.05) is 22.0 Å². The molecule has 0 amide bonds. The Morgan fingerprint density at radius 1 is 1.30 bits per heavy atom. The third kappa shape index (κ3) is 2.99. The molecule has 5 heteroatoms. The molecular formula is C15H15BrN2O2. The third-order valence-corrected chi connectivity index (χ3v) is 3.60. The number of nitrogens with one attached hydrogen (secondary N) is 1. The number of carbonyl (C=O) groups is 1. The molecule has 1 heterocycles. The Balaban J connectivity index is 2.38. The molecule has 0 bridgehead atoms. The van der Waals surface area contributed by atoms with Crippen molar-refractivity contribution in [3.8, 4) is 0 Å². The maximum absolute atomic E-state index is 12.2. The Kier molecular flexibility index (Phi) is 4.39. The molecule has 4 nitrogen and oxygen atoms in total. The largest absolute Gasteiger partial charge is 0.467 e. The number of nitrogens with zero attached hydrogens (tertiary/aromatic N) is 1. The molecule has 1 aromatic carbocycles. The number of hydrogen-bond donors (Lipinski definition) is 1. The zero-order valence-electron chi connectivity index (χ0n) is 11.3. The Bertz CT molecular complexity index is 587. The first-order valence-electron chi connectivity index (χ1n) is 6.09. The fourth-order valence-electron chi connectivity index (χ4n) is 1.93. The molecule has 0 fully saturated rings. The first kappa shape index (κ1) is 14.5. The van der Waals surface area contributed by atoms with E-state index in [4.69, 9.17) is 4.74 Å². The van der Waals surface area contributed by atoms with Crippen LogP contribution in [-0.4, -0.2) is 18.1 Å². The average Bonchev–Trinajstić information content (AvgIpc) is 2.49. The molecule has 2 aromatic rings. The lowest BCUT2D eigenvalue weighted by Gasteiger charge is -2.29. The van der Waals surface area contributed by atoms with Gasteiger partial charge >= 0.3 is 5.97 Å². The second-order valence-electron chi connectivity index (χ2n) is 4.49. The van der Waals surface area contributed by atoms with E-state index in [1.54, 1.807) is 25.4 Å². The molecule has 0 aliphatic heterocycles. The van der Waals surface area contributed by atoms with E-state index in [0.29, 0.717) is 0 Å². The van der Waals surface area contributed by atoms with E-state index in [0.717, 1.165) is 15.7 Å². The highest BCUT2D eigenvalue weighted by atomic mass is 79.9. The van der Waals surface area contributed by atoms with Crippen LogP contribution >= 0.6 is 15.9 Å². The summed E-state index contributed by atoms with van der Waals surface area (Å²) in [5.41, 5.74) is 0.580. The maximum atomic E-state index is 12.2. The van der Waals surface area contributed by atoms with Crippen LogP contribution in [0.2, 0.25) is 0 Å². The van der Waals surface area contributed by atoms with Crippen LogP contribution in [0.1, 0.15) is 12.5 Å². The van der Waals surface area contributed by atoms with Crippen LogP contribution in [0.3, 0.4) is 0 Å². The molecule has 1 aromatic heterocycles. The number of esters is 1. The zero-order chi connectivity index (χ0) is 14.6. The van der Waals surface area contributed by atoms with Gasteiger partial charge in [-0.05, 0) is 37.3 Å². The van der Waals surface area contributed by atoms with E-state index < -0.39 is 5.54 Å². The number of benzene rings is 1. The highest BCUT2D eigenvalue weighted by Gasteiger charge is 2.36. The first-order valence-corrected chi connectivity index (χ1v) is 6.88. The summed E-state index contributed by atoms with van der Waals surface area (Å²) in [6, 6.07) is 11.2. The number of methoxy groups -OCH3 is 1. The van der Waals surface area contributed by atoms with Gasteiger partial charge in [0, 0.05) is 28.1 Å². The number of ether oxygens (including phenoxy) is 1. The van der Waals surface area contributed by atoms with Gasteiger partial charge in [0.05, 0.1) is 7.11 Å². The predicted octanol–water partition coefficient (Wildman–Crippen LogP) is 3.34. The Labute approximate surface area is 126 Å². The molecule has 0 radical (unpaired) electrons. The van der Waals surface area contributed by atoms with Crippen molar-refractivity contribution in [3.05, 3.63) is 58.8 Å². The van der Waals surface area contributed by atoms with E-state index in [-0.39, 0.29) is 5.97 Å². The highest BCUT2D eigenvalue weighted by Crippen LogP contribution is 2.27. The Morgan fingerprint density at radius 3 is 2.55 bits per heavy atom. The minimum atomic E-state index is -0.989. The molecule has 20 heavy (non-hydrogen) atoms. The fraction of sp³-hybridized carbons (Fsp3) is 0.200. The molecule has 0 spiro atoms. The molecule has 2 rings (SSSR count). The zero-order valence-corrected chi connectivity index (χ0v) is 12.8. The van der Waals surface area contributed by atoms with Crippen LogP contribution < -0.4 is 5.32 Å². The molecule has 0 aliphatic carbocycles. The van der Waals surface area contributed by atoms with Gasteiger partial charge in [-0.25, -0.2) is 4.79 Å². The number of carbonyl (C=O) groups excluding carboxylic acids is 1. The number of anilines is 1. The molecule has 1 unspecified atom stereocenters. The van der Waals surface area contributed by atoms with Crippen molar-refractivity contribution in [1.82, 2.24) is 4.98 Å². The lowest BCUT2D eigenvalue weighted by molar-refractivity contribution is -0.145. The van der Waals surface area contributed by atoms with E-state index in [1.807, 2.05) is 30.3 Å². The first-order chi connectivity index (χ1) is 9.56. The molecule has 1 N–H and O–H groups in total. The maximum Gasteiger partial charge on any atom is 0.335 e. The number of rotatable bonds is 4. The van der Waals surface area contributed by atoms with Gasteiger partial charge < -0.3 is 10.1 Å². The molecule has 0 aliphatic rings. The molecular weight excluding hydrogens is 320 g/mol. The van der Waals surface area contributed by atoms with Crippen molar-refractivity contribution >= 4 is 27.6 Å². The summed E-state index contributed by atoms with van der Waals surface area (Å²) in [6.07, 6.45) is 3.32. The molecule has 1 atom stereocenters. The molecule has 104 valence electrons. The van der Waals surface area contributed by atoms with Crippen LogP contribution in [0.15, 0.2) is 53.3 Å². The number of aromatic nitrogens is 1. The minimum Gasteiger partial charge on any atom is -0.467 e. The quantitative estimate of drug-likeness (QED) is 0.871. The summed E-state index contributed by atoms with van der Waals surface area (Å²) in [5.74, 6) is -0.367. The average molecular weight is 335 g/mol. The van der Waals surface area contributed by atoms with E-state index >= 15 is 0 Å². The molecule has 0 saturated carbocycles. The van der Waals surface area contributed by atoms with Gasteiger partial charge in [0.1, 0.15) is 0 Å². The van der Waals surface area contributed by atoms with Crippen molar-refractivity contribution in [2.24, 2.45) is 0 Å². The summed E-state index contributed by atoms with van der Waals surface area (Å²) in [7, 11) is 1.38. The van der Waals surface area contributed by atoms with Gasteiger partial charge in [0.15, 0.2) is 5.54 Å². The van der Waals surface area contributed by atoms with Gasteiger partial charge in [-0.15, -0.1) is 0 Å². The summed E-state index contributed by atoms with van der Waals surface area (Å²) in [5, 5.41) is 3.21. The van der Waals surface area contributed by atoms with Crippen molar-refractivity contribution in [2.45, 2.75) is 12.5 Å². The smallest absolute Gasteiger partial charge is 0.335 e. The second-order valence-corrected chi connectivity index (χ2v) is 5.41. The summed E-state index contributed by atoms with van der Waals surface area (Å²) >= 11 is 3.38. The monoisotopic (exact) mass is 334 g/mol. The van der Waals surface area contributed by atoms with Crippen LogP contribution in [0, 0.1) is 0 Å². The van der Waals surface area contributed by atoms with Crippen molar-refractivity contribution in [2.75, 3.05) is 12.4 Å². The van der Waals surface area contributed by atoms with Gasteiger partial charge in [0.25, 0.3) is 0 Å². The van der Waals surface area contributed by atoms with Crippen molar-refractivity contribution < 1.29 is 9.53 Å². The topological polar surface area (TPSA) is 51.2 Å². The van der Waals surface area contributed by atoms with Gasteiger partial charge in [-0.2, -0.15) is 0 Å². The summed E-state index contributed by atoms with van der Waals surface area (Å²) < 4.78 is 5.90. The number of pyridine rings is 1. The number of halogens is 1. The summed E-state index contributed by atoms with van der Waals surface area (Å²) in [4.78, 5) is 16.3. The van der Waals surface area contributed by atoms with Crippen LogP contribution in [-0.2, 0) is 15.1 Å². The Morgan fingerprint density at radius 2 is 2.00 bits per heavy atom. The lowest BCUT2D eigenvalue weighted by Crippen LogP contribution is -2.41. The fourth-order valence-corrected chi connectivity index (χ4v) is 2.19. The van der Waals surface area contributed by atoms with Crippen LogP contribution in [0.4, 0.5) is 5.69 Å². The molecule has 0 saturated heterocycles. The standard InChI is InChI=1S/C15H15BrN2O2/c1-15(14(19)20-2,11-4-3-9-17-10-11)18-13-7-5-12(16)6-8-13/h3-10,18H,1-2H3. The third-order valence-electron chi connectivity index (χ3n) is 3.07. The van der Waals surface area contributed by atoms with Crippen molar-refractivity contribution in [1.29, 1.82) is 0 Å². The van der Waals surface area contributed by atoms with Crippen molar-refractivity contribution in [3.63, 3.8) is 0 Å². The normalized spacial score (nSPS) is 13.3. The van der Waals surface area contributed by atoms with Crippen LogP contribution in [0.25, 0.3) is 0 Å². The number of hydrogen-bond acceptors (Lipinski definition) is 4. The van der Waals surface area contributed by atoms with E-state index in [2.05, 4.69) is 26.2 Å². The second kappa shape index (κ2) is 6.05. The van der Waals surface area contributed by atoms with E-state index in [1.165, 1.54) is 7.11 Å². The Hall–Kier alpha value is -1.88. The van der Waals surface area contributed by atoms with Gasteiger partial charge in [0.2, 0.25) is 0 Å². The highest BCUT2D eigenvalue weighted by molar-refractivity contribution is 9.10. The van der Waals surface area contributed by atoms with E-state index in [9.17, 15) is 4.79 Å². The van der Waals surface area contributed by atoms with Gasteiger partial charge in [-0.3, -0.25) is 4.98 Å². The SMILES string of the molecule is COC(=O)C(C)(Nc1ccc(Br)cc1)c1cccnc1. The predicted molar refractivity (Wildman–Crippen MR) is 81.4 cm³/mol. The lowest BCUT2D eigenvalue weighted by atomic mass is 9.93. The minimum absolute atomic E-state index is 0.367.